The summed E-state index contributed by atoms with van der Waals surface area (Å²) in [5.41, 5.74) is 11.1. The average molecular weight is 825 g/mol. The Balaban J connectivity index is 1.12. The van der Waals surface area contributed by atoms with Crippen LogP contribution in [0.1, 0.15) is 0 Å². The number of para-hydroxylation sites is 2. The molecule has 0 unspecified atom stereocenters. The highest BCUT2D eigenvalue weighted by atomic mass is 32.1. The van der Waals surface area contributed by atoms with Gasteiger partial charge in [-0.1, -0.05) is 146 Å². The fourth-order valence-corrected chi connectivity index (χ4v) is 12.5. The number of aromatic nitrogens is 4. The topological polar surface area (TPSA) is 35.6 Å². The Kier molecular flexibility index (Phi) is 7.11. The minimum absolute atomic E-state index is 0.670. The maximum Gasteiger partial charge on any atom is 0.235 e. The molecule has 5 heterocycles. The van der Waals surface area contributed by atoms with E-state index in [4.69, 9.17) is 9.97 Å². The van der Waals surface area contributed by atoms with Crippen molar-refractivity contribution in [2.24, 2.45) is 0 Å². The number of thiophene rings is 2. The van der Waals surface area contributed by atoms with Gasteiger partial charge in [-0.05, 0) is 65.0 Å². The van der Waals surface area contributed by atoms with E-state index in [9.17, 15) is 0 Å². The number of benzene rings is 9. The second kappa shape index (κ2) is 12.9. The molecule has 5 aromatic heterocycles. The fraction of sp³-hybridized carbons (Fsp3) is 0. The zero-order chi connectivity index (χ0) is 40.5. The van der Waals surface area contributed by atoms with Crippen LogP contribution in [0.15, 0.2) is 194 Å². The van der Waals surface area contributed by atoms with E-state index in [0.29, 0.717) is 5.95 Å². The van der Waals surface area contributed by atoms with E-state index in [1.807, 2.05) is 11.3 Å². The molecule has 0 fully saturated rings. The first-order chi connectivity index (χ1) is 30.8. The molecule has 0 aliphatic heterocycles. The number of fused-ring (bicyclic) bond motifs is 16. The first-order valence-electron chi connectivity index (χ1n) is 20.9. The van der Waals surface area contributed by atoms with E-state index in [1.54, 1.807) is 11.3 Å². The highest BCUT2D eigenvalue weighted by Gasteiger charge is 2.25. The fourth-order valence-electron chi connectivity index (χ4n) is 10.0. The monoisotopic (exact) mass is 824 g/mol. The normalized spacial score (nSPS) is 12.2. The van der Waals surface area contributed by atoms with Crippen molar-refractivity contribution in [1.82, 2.24) is 19.1 Å². The second-order valence-electron chi connectivity index (χ2n) is 16.1. The van der Waals surface area contributed by atoms with Crippen molar-refractivity contribution in [1.29, 1.82) is 0 Å². The molecular weight excluding hydrogens is 793 g/mol. The number of rotatable bonds is 4. The molecule has 0 radical (unpaired) electrons. The number of nitrogens with zero attached hydrogens (tertiary/aromatic N) is 4. The van der Waals surface area contributed by atoms with E-state index in [-0.39, 0.29) is 0 Å². The number of hydrogen-bond acceptors (Lipinski definition) is 4. The van der Waals surface area contributed by atoms with Crippen molar-refractivity contribution in [2.45, 2.75) is 0 Å². The Labute approximate surface area is 362 Å². The van der Waals surface area contributed by atoms with Gasteiger partial charge < -0.3 is 4.57 Å². The standard InChI is InChI=1S/C56H32N4S2/c1-3-15-33(16-4-1)51-55-52(42-23-11-14-26-48(42)62-55)58-56(57-51)60-46-32-35(34-28-30-45-43(31-34)37-19-9-12-24-44(37)59(45)36-17-5-2-6-18-36)27-29-40(46)50-53(60)39-21-8-7-20-38(39)49-41-22-10-13-25-47(41)61-54(49)50/h1-32H. The Morgan fingerprint density at radius 2 is 0.968 bits per heavy atom. The summed E-state index contributed by atoms with van der Waals surface area (Å²) in [6, 6.07) is 70.4. The molecule has 0 atom stereocenters. The van der Waals surface area contributed by atoms with Gasteiger partial charge in [-0.3, -0.25) is 4.57 Å². The summed E-state index contributed by atoms with van der Waals surface area (Å²) < 4.78 is 9.63. The molecule has 0 aliphatic carbocycles. The van der Waals surface area contributed by atoms with Crippen molar-refractivity contribution in [3.05, 3.63) is 194 Å². The first-order valence-corrected chi connectivity index (χ1v) is 22.5. The molecule has 0 N–H and O–H groups in total. The Morgan fingerprint density at radius 1 is 0.355 bits per heavy atom. The van der Waals surface area contributed by atoms with E-state index < -0.39 is 0 Å². The van der Waals surface area contributed by atoms with E-state index in [1.165, 1.54) is 68.2 Å². The molecule has 0 aliphatic rings. The van der Waals surface area contributed by atoms with Crippen LogP contribution in [-0.4, -0.2) is 19.1 Å². The van der Waals surface area contributed by atoms with Gasteiger partial charge in [0.05, 0.1) is 38.0 Å². The third-order valence-corrected chi connectivity index (χ3v) is 15.1. The minimum atomic E-state index is 0.670. The SMILES string of the molecule is c1ccc(-c2nc(-n3c4cc(-c5ccc6c(c5)c5ccccc5n6-c5ccccc5)ccc4c4c5sc6ccccc6c5c5ccccc5c43)nc3c2sc2ccccc23)cc1. The molecule has 0 bridgehead atoms. The average Bonchev–Trinajstić information content (AvgIpc) is 4.09. The largest absolute Gasteiger partial charge is 0.309 e. The summed E-state index contributed by atoms with van der Waals surface area (Å²) in [6.45, 7) is 0. The molecule has 4 nitrogen and oxygen atoms in total. The molecule has 0 saturated heterocycles. The van der Waals surface area contributed by atoms with Gasteiger partial charge in [0.25, 0.3) is 0 Å². The molecule has 14 aromatic rings. The molecule has 62 heavy (non-hydrogen) atoms. The Morgan fingerprint density at radius 3 is 1.79 bits per heavy atom. The van der Waals surface area contributed by atoms with E-state index in [2.05, 4.69) is 203 Å². The molecule has 0 saturated carbocycles. The van der Waals surface area contributed by atoms with Crippen molar-refractivity contribution >= 4 is 118 Å². The molecule has 288 valence electrons. The predicted octanol–water partition coefficient (Wildman–Crippen LogP) is 15.9. The highest BCUT2D eigenvalue weighted by Crippen LogP contribution is 2.49. The lowest BCUT2D eigenvalue weighted by Gasteiger charge is -2.12. The molecular formula is C56H32N4S2. The van der Waals surface area contributed by atoms with Gasteiger partial charge in [0.1, 0.15) is 0 Å². The van der Waals surface area contributed by atoms with Crippen LogP contribution in [0.2, 0.25) is 0 Å². The maximum atomic E-state index is 5.61. The van der Waals surface area contributed by atoms with E-state index >= 15 is 0 Å². The smallest absolute Gasteiger partial charge is 0.235 e. The maximum absolute atomic E-state index is 5.61. The lowest BCUT2D eigenvalue weighted by Crippen LogP contribution is -2.03. The third-order valence-electron chi connectivity index (χ3n) is 12.7. The molecule has 6 heteroatoms. The zero-order valence-electron chi connectivity index (χ0n) is 33.1. The summed E-state index contributed by atoms with van der Waals surface area (Å²) in [5.74, 6) is 0.670. The lowest BCUT2D eigenvalue weighted by atomic mass is 9.98. The third kappa shape index (κ3) is 4.76. The summed E-state index contributed by atoms with van der Waals surface area (Å²) in [4.78, 5) is 11.2. The second-order valence-corrected chi connectivity index (χ2v) is 18.2. The van der Waals surface area contributed by atoms with Crippen LogP contribution >= 0.6 is 22.7 Å². The van der Waals surface area contributed by atoms with Gasteiger partial charge in [0.15, 0.2) is 0 Å². The highest BCUT2D eigenvalue weighted by molar-refractivity contribution is 7.27. The van der Waals surface area contributed by atoms with Crippen LogP contribution in [0.5, 0.6) is 0 Å². The Bertz CT molecular complexity index is 4150. The quantitative estimate of drug-likeness (QED) is 0.177. The van der Waals surface area contributed by atoms with E-state index in [0.717, 1.165) is 54.7 Å². The molecule has 0 spiro atoms. The van der Waals surface area contributed by atoms with Gasteiger partial charge in [0, 0.05) is 68.4 Å². The summed E-state index contributed by atoms with van der Waals surface area (Å²) in [6.07, 6.45) is 0. The van der Waals surface area contributed by atoms with Gasteiger partial charge in [-0.25, -0.2) is 9.97 Å². The van der Waals surface area contributed by atoms with Crippen LogP contribution < -0.4 is 0 Å². The predicted molar refractivity (Wildman–Crippen MR) is 265 cm³/mol. The molecule has 14 rings (SSSR count). The van der Waals surface area contributed by atoms with Gasteiger partial charge >= 0.3 is 0 Å². The van der Waals surface area contributed by atoms with Crippen LogP contribution in [0, 0.1) is 0 Å². The first kappa shape index (κ1) is 34.1. The van der Waals surface area contributed by atoms with Crippen molar-refractivity contribution in [3.8, 4) is 34.0 Å². The summed E-state index contributed by atoms with van der Waals surface area (Å²) >= 11 is 3.65. The van der Waals surface area contributed by atoms with Crippen LogP contribution in [0.4, 0.5) is 0 Å². The Hall–Kier alpha value is -7.64. The van der Waals surface area contributed by atoms with Gasteiger partial charge in [-0.2, -0.15) is 0 Å². The van der Waals surface area contributed by atoms with Crippen LogP contribution in [-0.2, 0) is 0 Å². The number of hydrogen-bond donors (Lipinski definition) is 0. The van der Waals surface area contributed by atoms with Crippen molar-refractivity contribution in [2.75, 3.05) is 0 Å². The van der Waals surface area contributed by atoms with Gasteiger partial charge in [-0.15, -0.1) is 22.7 Å². The lowest BCUT2D eigenvalue weighted by molar-refractivity contribution is 1.02. The van der Waals surface area contributed by atoms with Crippen molar-refractivity contribution in [3.63, 3.8) is 0 Å². The zero-order valence-corrected chi connectivity index (χ0v) is 34.7. The summed E-state index contributed by atoms with van der Waals surface area (Å²) in [7, 11) is 0. The molecule has 9 aromatic carbocycles. The van der Waals surface area contributed by atoms with Gasteiger partial charge in [0.2, 0.25) is 5.95 Å². The summed E-state index contributed by atoms with van der Waals surface area (Å²) in [5, 5.41) is 11.1. The molecule has 0 amide bonds. The van der Waals surface area contributed by atoms with Crippen molar-refractivity contribution < 1.29 is 0 Å². The van der Waals surface area contributed by atoms with Crippen LogP contribution in [0.3, 0.4) is 0 Å². The van der Waals surface area contributed by atoms with Crippen LogP contribution in [0.25, 0.3) is 129 Å². The minimum Gasteiger partial charge on any atom is -0.309 e.